The summed E-state index contributed by atoms with van der Waals surface area (Å²) in [7, 11) is 0. The van der Waals surface area contributed by atoms with Gasteiger partial charge in [0.2, 0.25) is 5.56 Å². The van der Waals surface area contributed by atoms with Crippen molar-refractivity contribution in [3.63, 3.8) is 0 Å². The van der Waals surface area contributed by atoms with Crippen LogP contribution in [0.5, 0.6) is 0 Å². The molecule has 2 unspecified atom stereocenters. The minimum atomic E-state index is -0.266. The highest BCUT2D eigenvalue weighted by Gasteiger charge is 2.23. The third kappa shape index (κ3) is 2.94. The highest BCUT2D eigenvalue weighted by Crippen LogP contribution is 2.14. The molecule has 0 aromatic carbocycles. The Hall–Kier alpha value is -1.62. The second kappa shape index (κ2) is 5.14. The topological polar surface area (TPSA) is 71.2 Å². The van der Waals surface area contributed by atoms with Crippen LogP contribution in [0.25, 0.3) is 0 Å². The van der Waals surface area contributed by atoms with Gasteiger partial charge in [0.05, 0.1) is 6.61 Å². The lowest BCUT2D eigenvalue weighted by atomic mass is 9.98. The summed E-state index contributed by atoms with van der Waals surface area (Å²) in [5.41, 5.74) is 0.0360. The Morgan fingerprint density at radius 1 is 1.53 bits per heavy atom. The molecule has 2 N–H and O–H groups in total. The fourth-order valence-electron chi connectivity index (χ4n) is 1.92. The number of rotatable bonds is 2. The van der Waals surface area contributed by atoms with Crippen molar-refractivity contribution in [1.82, 2.24) is 10.3 Å². The molecule has 0 radical (unpaired) electrons. The number of carbonyl (C=O) groups is 1. The zero-order valence-corrected chi connectivity index (χ0v) is 9.73. The second-order valence-corrected chi connectivity index (χ2v) is 4.35. The van der Waals surface area contributed by atoms with Gasteiger partial charge in [-0.2, -0.15) is 0 Å². The van der Waals surface area contributed by atoms with Crippen molar-refractivity contribution in [2.45, 2.75) is 19.4 Å². The number of H-pyrrole nitrogens is 1. The summed E-state index contributed by atoms with van der Waals surface area (Å²) >= 11 is 0. The number of ether oxygens (including phenoxy) is 1. The van der Waals surface area contributed by atoms with E-state index in [9.17, 15) is 9.59 Å². The van der Waals surface area contributed by atoms with Crippen LogP contribution in [0.4, 0.5) is 0 Å². The van der Waals surface area contributed by atoms with Gasteiger partial charge in [0.25, 0.3) is 5.91 Å². The lowest BCUT2D eigenvalue weighted by molar-refractivity contribution is 0.0374. The summed E-state index contributed by atoms with van der Waals surface area (Å²) in [5.74, 6) is 0.0598. The Morgan fingerprint density at radius 3 is 3.06 bits per heavy atom. The maximum absolute atomic E-state index is 11.9. The molecule has 1 aliphatic rings. The third-order valence-electron chi connectivity index (χ3n) is 2.97. The molecule has 1 fully saturated rings. The highest BCUT2D eigenvalue weighted by atomic mass is 16.5. The molecule has 0 aliphatic carbocycles. The zero-order chi connectivity index (χ0) is 12.3. The smallest absolute Gasteiger partial charge is 0.268 e. The van der Waals surface area contributed by atoms with Crippen molar-refractivity contribution in [2.75, 3.05) is 13.2 Å². The number of hydrogen-bond donors (Lipinski definition) is 2. The summed E-state index contributed by atoms with van der Waals surface area (Å²) in [5, 5.41) is 2.92. The lowest BCUT2D eigenvalue weighted by Crippen LogP contribution is -2.44. The van der Waals surface area contributed by atoms with Gasteiger partial charge in [0, 0.05) is 18.7 Å². The summed E-state index contributed by atoms with van der Waals surface area (Å²) in [4.78, 5) is 25.5. The molecule has 1 amide bonds. The lowest BCUT2D eigenvalue weighted by Gasteiger charge is -2.29. The van der Waals surface area contributed by atoms with Crippen LogP contribution in [-0.4, -0.2) is 30.1 Å². The van der Waals surface area contributed by atoms with Crippen LogP contribution >= 0.6 is 0 Å². The van der Waals surface area contributed by atoms with Crippen LogP contribution in [0.2, 0.25) is 0 Å². The molecule has 1 aromatic heterocycles. The van der Waals surface area contributed by atoms with E-state index in [0.29, 0.717) is 24.8 Å². The number of hydrogen-bond acceptors (Lipinski definition) is 3. The number of aromatic nitrogens is 1. The minimum Gasteiger partial charge on any atom is -0.381 e. The molecular weight excluding hydrogens is 220 g/mol. The maximum atomic E-state index is 11.9. The van der Waals surface area contributed by atoms with Crippen molar-refractivity contribution >= 4 is 5.91 Å². The molecule has 1 saturated heterocycles. The SMILES string of the molecule is CC1COCCC1NC(=O)c1cccc(=O)[nH]1. The molecule has 0 spiro atoms. The van der Waals surface area contributed by atoms with Gasteiger partial charge in [-0.05, 0) is 18.4 Å². The fraction of sp³-hybridized carbons (Fsp3) is 0.500. The average molecular weight is 236 g/mol. The van der Waals surface area contributed by atoms with E-state index in [4.69, 9.17) is 4.74 Å². The van der Waals surface area contributed by atoms with Crippen LogP contribution in [0, 0.1) is 5.92 Å². The van der Waals surface area contributed by atoms with E-state index < -0.39 is 0 Å². The van der Waals surface area contributed by atoms with Gasteiger partial charge < -0.3 is 15.0 Å². The molecule has 92 valence electrons. The Kier molecular flexibility index (Phi) is 3.58. The first-order chi connectivity index (χ1) is 8.16. The Bertz CT molecular complexity index is 455. The summed E-state index contributed by atoms with van der Waals surface area (Å²) in [6.45, 7) is 3.37. The van der Waals surface area contributed by atoms with Gasteiger partial charge in [-0.15, -0.1) is 0 Å². The van der Waals surface area contributed by atoms with Crippen molar-refractivity contribution in [3.05, 3.63) is 34.2 Å². The standard InChI is InChI=1S/C12H16N2O3/c1-8-7-17-6-5-9(8)14-12(16)10-3-2-4-11(15)13-10/h2-4,8-9H,5-7H2,1H3,(H,13,15)(H,14,16). The predicted molar refractivity (Wildman–Crippen MR) is 62.9 cm³/mol. The minimum absolute atomic E-state index is 0.111. The molecular formula is C12H16N2O3. The van der Waals surface area contributed by atoms with Gasteiger partial charge in [-0.1, -0.05) is 13.0 Å². The van der Waals surface area contributed by atoms with Crippen LogP contribution < -0.4 is 10.9 Å². The van der Waals surface area contributed by atoms with Crippen molar-refractivity contribution in [2.24, 2.45) is 5.92 Å². The van der Waals surface area contributed by atoms with E-state index >= 15 is 0 Å². The zero-order valence-electron chi connectivity index (χ0n) is 9.73. The fourth-order valence-corrected chi connectivity index (χ4v) is 1.92. The first-order valence-electron chi connectivity index (χ1n) is 5.75. The molecule has 1 aromatic rings. The molecule has 2 heterocycles. The van der Waals surface area contributed by atoms with Gasteiger partial charge >= 0.3 is 0 Å². The van der Waals surface area contributed by atoms with Crippen molar-refractivity contribution < 1.29 is 9.53 Å². The Labute approximate surface area is 99.2 Å². The third-order valence-corrected chi connectivity index (χ3v) is 2.97. The monoisotopic (exact) mass is 236 g/mol. The van der Waals surface area contributed by atoms with E-state index in [-0.39, 0.29) is 17.5 Å². The first-order valence-corrected chi connectivity index (χ1v) is 5.75. The average Bonchev–Trinajstić information content (AvgIpc) is 2.32. The summed E-state index contributed by atoms with van der Waals surface area (Å²) in [6, 6.07) is 4.66. The molecule has 0 saturated carbocycles. The summed E-state index contributed by atoms with van der Waals surface area (Å²) < 4.78 is 5.31. The number of pyridine rings is 1. The van der Waals surface area contributed by atoms with Crippen LogP contribution in [0.3, 0.4) is 0 Å². The van der Waals surface area contributed by atoms with E-state index in [1.807, 2.05) is 6.92 Å². The molecule has 2 atom stereocenters. The molecule has 5 nitrogen and oxygen atoms in total. The van der Waals surface area contributed by atoms with Crippen LogP contribution in [0.1, 0.15) is 23.8 Å². The van der Waals surface area contributed by atoms with Crippen molar-refractivity contribution in [3.8, 4) is 0 Å². The molecule has 5 heteroatoms. The maximum Gasteiger partial charge on any atom is 0.268 e. The van der Waals surface area contributed by atoms with E-state index in [0.717, 1.165) is 6.42 Å². The normalized spacial score (nSPS) is 24.3. The first kappa shape index (κ1) is 11.9. The molecule has 1 aliphatic heterocycles. The second-order valence-electron chi connectivity index (χ2n) is 4.35. The number of amides is 1. The molecule has 0 bridgehead atoms. The van der Waals surface area contributed by atoms with Crippen molar-refractivity contribution in [1.29, 1.82) is 0 Å². The quantitative estimate of drug-likeness (QED) is 0.786. The van der Waals surface area contributed by atoms with Crippen LogP contribution in [0.15, 0.2) is 23.0 Å². The van der Waals surface area contributed by atoms with E-state index in [2.05, 4.69) is 10.3 Å². The van der Waals surface area contributed by atoms with E-state index in [1.165, 1.54) is 6.07 Å². The number of aromatic amines is 1. The number of carbonyl (C=O) groups excluding carboxylic acids is 1. The predicted octanol–water partition coefficient (Wildman–Crippen LogP) is 0.530. The number of nitrogens with one attached hydrogen (secondary N) is 2. The van der Waals surface area contributed by atoms with Gasteiger partial charge in [0.15, 0.2) is 0 Å². The largest absolute Gasteiger partial charge is 0.381 e. The molecule has 17 heavy (non-hydrogen) atoms. The van der Waals surface area contributed by atoms with Gasteiger partial charge in [-0.25, -0.2) is 0 Å². The van der Waals surface area contributed by atoms with E-state index in [1.54, 1.807) is 12.1 Å². The summed E-state index contributed by atoms with van der Waals surface area (Å²) in [6.07, 6.45) is 0.809. The molecule has 2 rings (SSSR count). The Balaban J connectivity index is 2.03. The van der Waals surface area contributed by atoms with Gasteiger partial charge in [0.1, 0.15) is 5.69 Å². The Morgan fingerprint density at radius 2 is 2.35 bits per heavy atom. The van der Waals surface area contributed by atoms with Crippen LogP contribution in [-0.2, 0) is 4.74 Å². The highest BCUT2D eigenvalue weighted by molar-refractivity contribution is 5.92. The van der Waals surface area contributed by atoms with Gasteiger partial charge in [-0.3, -0.25) is 9.59 Å².